The van der Waals surface area contributed by atoms with E-state index in [1.165, 1.54) is 5.56 Å². The van der Waals surface area contributed by atoms with E-state index in [-0.39, 0.29) is 17.6 Å². The molecular weight excluding hydrogens is 404 g/mol. The van der Waals surface area contributed by atoms with E-state index in [1.54, 1.807) is 35.6 Å². The Morgan fingerprint density at radius 2 is 1.78 bits per heavy atom. The molecule has 0 aliphatic carbocycles. The molecular formula is C24H26N6O2. The van der Waals surface area contributed by atoms with Crippen LogP contribution in [-0.4, -0.2) is 37.4 Å². The van der Waals surface area contributed by atoms with Crippen LogP contribution in [0.2, 0.25) is 0 Å². The van der Waals surface area contributed by atoms with Crippen molar-refractivity contribution >= 4 is 22.7 Å². The number of aryl methyl sites for hydroxylation is 3. The largest absolute Gasteiger partial charge is 0.364 e. The lowest BCUT2D eigenvalue weighted by atomic mass is 10.1. The van der Waals surface area contributed by atoms with E-state index in [2.05, 4.69) is 27.6 Å². The summed E-state index contributed by atoms with van der Waals surface area (Å²) >= 11 is 0. The lowest BCUT2D eigenvalue weighted by Gasteiger charge is -2.13. The van der Waals surface area contributed by atoms with Gasteiger partial charge in [0.2, 0.25) is 0 Å². The molecule has 0 spiro atoms. The summed E-state index contributed by atoms with van der Waals surface area (Å²) in [5, 5.41) is 12.5. The zero-order chi connectivity index (χ0) is 22.8. The number of hydrogen-bond donors (Lipinski definition) is 2. The van der Waals surface area contributed by atoms with Gasteiger partial charge in [0.1, 0.15) is 5.69 Å². The maximum atomic E-state index is 12.8. The van der Waals surface area contributed by atoms with Crippen molar-refractivity contribution in [2.75, 3.05) is 0 Å². The summed E-state index contributed by atoms with van der Waals surface area (Å²) < 4.78 is 3.20. The van der Waals surface area contributed by atoms with Crippen LogP contribution in [0, 0.1) is 0 Å². The van der Waals surface area contributed by atoms with Crippen molar-refractivity contribution in [3.05, 3.63) is 71.5 Å². The highest BCUT2D eigenvalue weighted by atomic mass is 16.2. The lowest BCUT2D eigenvalue weighted by Crippen LogP contribution is -2.34. The molecule has 2 aromatic carbocycles. The van der Waals surface area contributed by atoms with Crippen molar-refractivity contribution < 1.29 is 9.59 Å². The number of carbonyl (C=O) groups is 2. The second-order valence-corrected chi connectivity index (χ2v) is 8.01. The number of primary amides is 1. The Kier molecular flexibility index (Phi) is 5.77. The summed E-state index contributed by atoms with van der Waals surface area (Å²) in [5.41, 5.74) is 9.64. The molecule has 1 unspecified atom stereocenters. The fourth-order valence-corrected chi connectivity index (χ4v) is 3.82. The number of nitrogens with two attached hydrogens (primary N) is 1. The summed E-state index contributed by atoms with van der Waals surface area (Å²) in [6, 6.07) is 17.6. The fraction of sp³-hybridized carbons (Fsp3) is 0.250. The van der Waals surface area contributed by atoms with E-state index in [0.29, 0.717) is 16.8 Å². The van der Waals surface area contributed by atoms with E-state index >= 15 is 0 Å². The molecule has 8 heteroatoms. The second kappa shape index (κ2) is 8.66. The summed E-state index contributed by atoms with van der Waals surface area (Å²) in [6.07, 6.45) is 1.75. The molecule has 0 bridgehead atoms. The van der Waals surface area contributed by atoms with Gasteiger partial charge in [0.25, 0.3) is 11.8 Å². The minimum atomic E-state index is -0.568. The highest BCUT2D eigenvalue weighted by molar-refractivity contribution is 6.04. The average Bonchev–Trinajstić information content (AvgIpc) is 3.33. The van der Waals surface area contributed by atoms with Gasteiger partial charge in [-0.15, -0.1) is 0 Å². The minimum absolute atomic E-state index is 0.0269. The van der Waals surface area contributed by atoms with E-state index in [4.69, 9.17) is 5.73 Å². The van der Waals surface area contributed by atoms with Gasteiger partial charge in [-0.25, -0.2) is 0 Å². The Labute approximate surface area is 186 Å². The van der Waals surface area contributed by atoms with Gasteiger partial charge in [-0.2, -0.15) is 10.2 Å². The number of benzene rings is 2. The van der Waals surface area contributed by atoms with Crippen molar-refractivity contribution in [1.82, 2.24) is 24.9 Å². The molecule has 0 fully saturated rings. The Morgan fingerprint density at radius 1 is 1.03 bits per heavy atom. The Bertz CT molecular complexity index is 1290. The van der Waals surface area contributed by atoms with Crippen LogP contribution in [0.3, 0.4) is 0 Å². The van der Waals surface area contributed by atoms with E-state index < -0.39 is 5.91 Å². The quantitative estimate of drug-likeness (QED) is 0.470. The Morgan fingerprint density at radius 3 is 2.50 bits per heavy atom. The molecule has 2 amide bonds. The van der Waals surface area contributed by atoms with Crippen molar-refractivity contribution in [1.29, 1.82) is 0 Å². The zero-order valence-electron chi connectivity index (χ0n) is 18.4. The summed E-state index contributed by atoms with van der Waals surface area (Å²) in [5.74, 6) is -0.731. The molecule has 2 heterocycles. The number of aromatic nitrogens is 4. The summed E-state index contributed by atoms with van der Waals surface area (Å²) in [7, 11) is 3.51. The van der Waals surface area contributed by atoms with Gasteiger partial charge in [0.05, 0.1) is 11.2 Å². The third kappa shape index (κ3) is 4.25. The second-order valence-electron chi connectivity index (χ2n) is 8.01. The van der Waals surface area contributed by atoms with Crippen molar-refractivity contribution in [3.8, 4) is 11.3 Å². The molecule has 32 heavy (non-hydrogen) atoms. The SMILES string of the molecule is CC(CCc1ccccc1)NC(=O)c1cc(-c2ccc3c(C(N)=O)nn(C)c3c2)nn1C. The van der Waals surface area contributed by atoms with Crippen LogP contribution in [0.5, 0.6) is 0 Å². The van der Waals surface area contributed by atoms with Gasteiger partial charge in [-0.05, 0) is 43.5 Å². The number of hydrogen-bond acceptors (Lipinski definition) is 4. The molecule has 0 aliphatic rings. The molecule has 0 saturated carbocycles. The van der Waals surface area contributed by atoms with Crippen LogP contribution in [0.15, 0.2) is 54.6 Å². The number of amides is 2. The number of nitrogens with zero attached hydrogens (tertiary/aromatic N) is 4. The topological polar surface area (TPSA) is 108 Å². The van der Waals surface area contributed by atoms with Gasteiger partial charge >= 0.3 is 0 Å². The first-order chi connectivity index (χ1) is 15.3. The van der Waals surface area contributed by atoms with Gasteiger partial charge < -0.3 is 11.1 Å². The van der Waals surface area contributed by atoms with E-state index in [9.17, 15) is 9.59 Å². The predicted octanol–water partition coefficient (Wildman–Crippen LogP) is 2.82. The van der Waals surface area contributed by atoms with Gasteiger partial charge in [0.15, 0.2) is 5.69 Å². The Hall–Kier alpha value is -3.94. The number of rotatable bonds is 7. The molecule has 4 aromatic rings. The lowest BCUT2D eigenvalue weighted by molar-refractivity contribution is 0.0928. The predicted molar refractivity (Wildman–Crippen MR) is 123 cm³/mol. The average molecular weight is 431 g/mol. The normalized spacial score (nSPS) is 12.1. The minimum Gasteiger partial charge on any atom is -0.364 e. The molecule has 0 radical (unpaired) electrons. The van der Waals surface area contributed by atoms with Gasteiger partial charge in [-0.1, -0.05) is 36.4 Å². The molecule has 3 N–H and O–H groups in total. The highest BCUT2D eigenvalue weighted by Crippen LogP contribution is 2.26. The molecule has 0 saturated heterocycles. The first-order valence-corrected chi connectivity index (χ1v) is 10.5. The highest BCUT2D eigenvalue weighted by Gasteiger charge is 2.18. The molecule has 1 atom stereocenters. The van der Waals surface area contributed by atoms with Crippen LogP contribution in [-0.2, 0) is 20.5 Å². The van der Waals surface area contributed by atoms with Crippen LogP contribution < -0.4 is 11.1 Å². The number of fused-ring (bicyclic) bond motifs is 1. The molecule has 8 nitrogen and oxygen atoms in total. The van der Waals surface area contributed by atoms with E-state index in [0.717, 1.165) is 23.9 Å². The number of carbonyl (C=O) groups excluding carboxylic acids is 2. The molecule has 164 valence electrons. The first kappa shape index (κ1) is 21.3. The molecule has 4 rings (SSSR count). The van der Waals surface area contributed by atoms with Crippen molar-refractivity contribution in [2.24, 2.45) is 19.8 Å². The van der Waals surface area contributed by atoms with Crippen molar-refractivity contribution in [3.63, 3.8) is 0 Å². The molecule has 2 aromatic heterocycles. The monoisotopic (exact) mass is 430 g/mol. The molecule has 0 aliphatic heterocycles. The van der Waals surface area contributed by atoms with Crippen LogP contribution in [0.4, 0.5) is 0 Å². The maximum absolute atomic E-state index is 12.8. The zero-order valence-corrected chi connectivity index (χ0v) is 18.4. The standard InChI is InChI=1S/C24H26N6O2/c1-15(9-10-16-7-5-4-6-8-16)26-24(32)21-14-19(27-30(21)3)17-11-12-18-20(13-17)29(2)28-22(18)23(25)31/h4-8,11-15H,9-10H2,1-3H3,(H2,25,31)(H,26,32). The van der Waals surface area contributed by atoms with Crippen LogP contribution >= 0.6 is 0 Å². The Balaban J connectivity index is 1.50. The smallest absolute Gasteiger partial charge is 0.269 e. The fourth-order valence-electron chi connectivity index (χ4n) is 3.82. The van der Waals surface area contributed by atoms with Crippen LogP contribution in [0.1, 0.15) is 39.9 Å². The van der Waals surface area contributed by atoms with Gasteiger partial charge in [-0.3, -0.25) is 19.0 Å². The first-order valence-electron chi connectivity index (χ1n) is 10.5. The number of nitrogens with one attached hydrogen (secondary N) is 1. The van der Waals surface area contributed by atoms with Gasteiger partial charge in [0, 0.05) is 31.1 Å². The third-order valence-electron chi connectivity index (χ3n) is 5.58. The maximum Gasteiger partial charge on any atom is 0.269 e. The van der Waals surface area contributed by atoms with Crippen LogP contribution in [0.25, 0.3) is 22.2 Å². The summed E-state index contributed by atoms with van der Waals surface area (Å²) in [4.78, 5) is 24.4. The summed E-state index contributed by atoms with van der Waals surface area (Å²) in [6.45, 7) is 2.00. The van der Waals surface area contributed by atoms with Crippen molar-refractivity contribution in [2.45, 2.75) is 25.8 Å². The third-order valence-corrected chi connectivity index (χ3v) is 5.58. The van der Waals surface area contributed by atoms with E-state index in [1.807, 2.05) is 37.3 Å².